The molecule has 0 aromatic rings. The lowest BCUT2D eigenvalue weighted by molar-refractivity contribution is 0.214. The summed E-state index contributed by atoms with van der Waals surface area (Å²) in [6.07, 6.45) is 1.42. The van der Waals surface area contributed by atoms with Crippen LogP contribution in [0.4, 0.5) is 0 Å². The van der Waals surface area contributed by atoms with Crippen LogP contribution in [0.15, 0.2) is 0 Å². The van der Waals surface area contributed by atoms with Gasteiger partial charge in [-0.15, -0.1) is 0 Å². The zero-order valence-corrected chi connectivity index (χ0v) is 7.59. The molecule has 0 aliphatic heterocycles. The molecule has 1 aliphatic rings. The first kappa shape index (κ1) is 8.06. The quantitative estimate of drug-likeness (QED) is 0.582. The van der Waals surface area contributed by atoms with Crippen molar-refractivity contribution in [3.63, 3.8) is 0 Å². The highest BCUT2D eigenvalue weighted by Crippen LogP contribution is 2.35. The van der Waals surface area contributed by atoms with Crippen molar-refractivity contribution in [3.05, 3.63) is 0 Å². The van der Waals surface area contributed by atoms with Crippen LogP contribution in [0.3, 0.4) is 0 Å². The van der Waals surface area contributed by atoms with Crippen LogP contribution in [-0.4, -0.2) is 23.5 Å². The van der Waals surface area contributed by atoms with E-state index in [1.54, 1.807) is 0 Å². The van der Waals surface area contributed by atoms with E-state index in [4.69, 9.17) is 0 Å². The fourth-order valence-electron chi connectivity index (χ4n) is 1.75. The van der Waals surface area contributed by atoms with Crippen molar-refractivity contribution in [1.82, 2.24) is 4.90 Å². The number of nitrogens with zero attached hydrogens (tertiary/aromatic N) is 1. The number of rotatable bonds is 3. The molecule has 0 radical (unpaired) electrons. The van der Waals surface area contributed by atoms with E-state index in [0.717, 1.165) is 18.0 Å². The molecule has 0 aromatic carbocycles. The maximum atomic E-state index is 2.59. The van der Waals surface area contributed by atoms with E-state index in [2.05, 4.69) is 32.6 Å². The second kappa shape index (κ2) is 2.91. The van der Waals surface area contributed by atoms with Crippen molar-refractivity contribution in [2.75, 3.05) is 6.54 Å². The molecule has 1 nitrogen and oxygen atoms in total. The Kier molecular flexibility index (Phi) is 2.35. The van der Waals surface area contributed by atoms with Crippen molar-refractivity contribution in [1.29, 1.82) is 0 Å². The molecule has 10 heavy (non-hydrogen) atoms. The van der Waals surface area contributed by atoms with E-state index in [0.29, 0.717) is 0 Å². The molecule has 0 saturated heterocycles. The highest BCUT2D eigenvalue weighted by molar-refractivity contribution is 4.92. The molecule has 0 bridgehead atoms. The zero-order chi connectivity index (χ0) is 7.72. The van der Waals surface area contributed by atoms with Gasteiger partial charge in [-0.3, -0.25) is 4.90 Å². The van der Waals surface area contributed by atoms with Crippen LogP contribution in [0.25, 0.3) is 0 Å². The molecule has 0 spiro atoms. The minimum atomic E-state index is 0.736. The number of hydrogen-bond donors (Lipinski definition) is 0. The molecule has 0 N–H and O–H groups in total. The molecule has 1 heteroatoms. The lowest BCUT2D eigenvalue weighted by atomic mass is 10.3. The van der Waals surface area contributed by atoms with Gasteiger partial charge in [-0.05, 0) is 32.7 Å². The van der Waals surface area contributed by atoms with Crippen LogP contribution in [0.1, 0.15) is 34.1 Å². The highest BCUT2D eigenvalue weighted by atomic mass is 15.2. The van der Waals surface area contributed by atoms with E-state index in [1.807, 2.05) is 0 Å². The standard InChI is InChI=1S/C9H19N/c1-5-10(7(2)3)9-6-8(9)4/h7-9H,5-6H2,1-4H3. The fraction of sp³-hybridized carbons (Fsp3) is 1.00. The van der Waals surface area contributed by atoms with Gasteiger partial charge in [-0.2, -0.15) is 0 Å². The Labute approximate surface area is 64.4 Å². The van der Waals surface area contributed by atoms with Crippen molar-refractivity contribution in [3.8, 4) is 0 Å². The fourth-order valence-corrected chi connectivity index (χ4v) is 1.75. The Morgan fingerprint density at radius 3 is 2.10 bits per heavy atom. The molecule has 1 fully saturated rings. The average molecular weight is 141 g/mol. The van der Waals surface area contributed by atoms with Crippen LogP contribution >= 0.6 is 0 Å². The summed E-state index contributed by atoms with van der Waals surface area (Å²) in [7, 11) is 0. The Balaban J connectivity index is 2.34. The predicted octanol–water partition coefficient (Wildman–Crippen LogP) is 2.13. The maximum Gasteiger partial charge on any atom is 0.0127 e. The van der Waals surface area contributed by atoms with Gasteiger partial charge in [0.1, 0.15) is 0 Å². The van der Waals surface area contributed by atoms with E-state index in [1.165, 1.54) is 13.0 Å². The third-order valence-electron chi connectivity index (χ3n) is 2.52. The molecular formula is C9H19N. The summed E-state index contributed by atoms with van der Waals surface area (Å²) < 4.78 is 0. The molecule has 60 valence electrons. The first-order valence-corrected chi connectivity index (χ1v) is 4.42. The first-order valence-electron chi connectivity index (χ1n) is 4.42. The van der Waals surface area contributed by atoms with Gasteiger partial charge in [-0.1, -0.05) is 13.8 Å². The summed E-state index contributed by atoms with van der Waals surface area (Å²) in [5, 5.41) is 0. The van der Waals surface area contributed by atoms with Crippen LogP contribution < -0.4 is 0 Å². The highest BCUT2D eigenvalue weighted by Gasteiger charge is 2.37. The maximum absolute atomic E-state index is 2.59. The first-order chi connectivity index (χ1) is 4.66. The third kappa shape index (κ3) is 1.51. The monoisotopic (exact) mass is 141 g/mol. The largest absolute Gasteiger partial charge is 0.298 e. The van der Waals surface area contributed by atoms with Crippen LogP contribution in [0.2, 0.25) is 0 Å². The van der Waals surface area contributed by atoms with E-state index in [-0.39, 0.29) is 0 Å². The molecule has 2 atom stereocenters. The molecule has 1 rings (SSSR count). The van der Waals surface area contributed by atoms with Crippen LogP contribution in [0, 0.1) is 5.92 Å². The van der Waals surface area contributed by atoms with Crippen molar-refractivity contribution in [2.24, 2.45) is 5.92 Å². The normalized spacial score (nSPS) is 31.8. The molecule has 0 amide bonds. The van der Waals surface area contributed by atoms with E-state index < -0.39 is 0 Å². The summed E-state index contributed by atoms with van der Waals surface area (Å²) in [5.41, 5.74) is 0. The van der Waals surface area contributed by atoms with Crippen molar-refractivity contribution < 1.29 is 0 Å². The molecule has 1 aliphatic carbocycles. The zero-order valence-electron chi connectivity index (χ0n) is 7.59. The van der Waals surface area contributed by atoms with E-state index >= 15 is 0 Å². The summed E-state index contributed by atoms with van der Waals surface area (Å²) in [4.78, 5) is 2.59. The summed E-state index contributed by atoms with van der Waals surface area (Å²) in [5.74, 6) is 0.961. The van der Waals surface area contributed by atoms with Crippen molar-refractivity contribution >= 4 is 0 Å². The second-order valence-corrected chi connectivity index (χ2v) is 3.70. The average Bonchev–Trinajstić information content (AvgIpc) is 2.48. The molecule has 0 aromatic heterocycles. The Hall–Kier alpha value is -0.0400. The van der Waals surface area contributed by atoms with Gasteiger partial charge < -0.3 is 0 Å². The van der Waals surface area contributed by atoms with Gasteiger partial charge >= 0.3 is 0 Å². The van der Waals surface area contributed by atoms with Gasteiger partial charge in [0.25, 0.3) is 0 Å². The predicted molar refractivity (Wildman–Crippen MR) is 45.1 cm³/mol. The smallest absolute Gasteiger partial charge is 0.0127 e. The lowest BCUT2D eigenvalue weighted by Gasteiger charge is -2.24. The SMILES string of the molecule is CCN(C(C)C)C1CC1C. The summed E-state index contributed by atoms with van der Waals surface area (Å²) in [6.45, 7) is 10.4. The van der Waals surface area contributed by atoms with Gasteiger partial charge in [0.2, 0.25) is 0 Å². The third-order valence-corrected chi connectivity index (χ3v) is 2.52. The Bertz CT molecular complexity index is 109. The minimum absolute atomic E-state index is 0.736. The lowest BCUT2D eigenvalue weighted by Crippen LogP contribution is -2.33. The van der Waals surface area contributed by atoms with E-state index in [9.17, 15) is 0 Å². The van der Waals surface area contributed by atoms with Gasteiger partial charge in [0.15, 0.2) is 0 Å². The Morgan fingerprint density at radius 1 is 1.50 bits per heavy atom. The van der Waals surface area contributed by atoms with Crippen LogP contribution in [0.5, 0.6) is 0 Å². The number of hydrogen-bond acceptors (Lipinski definition) is 1. The van der Waals surface area contributed by atoms with Gasteiger partial charge in [0, 0.05) is 12.1 Å². The molecule has 2 unspecified atom stereocenters. The summed E-state index contributed by atoms with van der Waals surface area (Å²) >= 11 is 0. The van der Waals surface area contributed by atoms with Crippen molar-refractivity contribution in [2.45, 2.75) is 46.2 Å². The molecule has 1 saturated carbocycles. The molecule has 0 heterocycles. The minimum Gasteiger partial charge on any atom is -0.298 e. The van der Waals surface area contributed by atoms with Crippen LogP contribution in [-0.2, 0) is 0 Å². The summed E-state index contributed by atoms with van der Waals surface area (Å²) in [6, 6.07) is 1.64. The molecular weight excluding hydrogens is 122 g/mol. The second-order valence-electron chi connectivity index (χ2n) is 3.70. The topological polar surface area (TPSA) is 3.24 Å². The van der Waals surface area contributed by atoms with Gasteiger partial charge in [-0.25, -0.2) is 0 Å². The Morgan fingerprint density at radius 2 is 2.00 bits per heavy atom. The van der Waals surface area contributed by atoms with Gasteiger partial charge in [0.05, 0.1) is 0 Å².